The number of carbonyl (C=O) groups excluding carboxylic acids is 3. The first-order chi connectivity index (χ1) is 16.8. The number of amides is 3. The largest absolute Gasteiger partial charge is 0.394 e. The summed E-state index contributed by atoms with van der Waals surface area (Å²) in [6, 6.07) is -1.25. The molecule has 3 rings (SSSR count). The quantitative estimate of drug-likeness (QED) is 0.315. The monoisotopic (exact) mass is 583 g/mol. The molecule has 2 bridgehead atoms. The summed E-state index contributed by atoms with van der Waals surface area (Å²) in [6.07, 6.45) is 4.58. The number of fused-ring (bicyclic) bond motifs is 1. The number of rotatable bonds is 10. The summed E-state index contributed by atoms with van der Waals surface area (Å²) in [6.45, 7) is 18.2. The van der Waals surface area contributed by atoms with Gasteiger partial charge in [-0.05, 0) is 39.5 Å². The van der Waals surface area contributed by atoms with E-state index in [9.17, 15) is 19.5 Å². The van der Waals surface area contributed by atoms with Gasteiger partial charge in [-0.1, -0.05) is 41.9 Å². The molecule has 0 aromatic carbocycles. The Balaban J connectivity index is 2.17. The highest BCUT2D eigenvalue weighted by Gasteiger charge is 2.76. The molecule has 0 aromatic rings. The van der Waals surface area contributed by atoms with Crippen LogP contribution in [-0.4, -0.2) is 96.7 Å². The van der Waals surface area contributed by atoms with Crippen LogP contribution in [0.2, 0.25) is 0 Å². The zero-order valence-corrected chi connectivity index (χ0v) is 24.8. The zero-order valence-electron chi connectivity index (χ0n) is 22.4. The Labute approximate surface area is 228 Å². The maximum absolute atomic E-state index is 14.5. The Bertz CT molecular complexity index is 906. The van der Waals surface area contributed by atoms with Crippen LogP contribution >= 0.6 is 27.7 Å². The van der Waals surface area contributed by atoms with Crippen molar-refractivity contribution in [2.75, 3.05) is 26.7 Å². The minimum atomic E-state index is -0.761. The van der Waals surface area contributed by atoms with Gasteiger partial charge in [-0.15, -0.1) is 24.9 Å². The second kappa shape index (κ2) is 10.8. The van der Waals surface area contributed by atoms with Crippen molar-refractivity contribution in [2.45, 2.75) is 79.9 Å². The van der Waals surface area contributed by atoms with E-state index >= 15 is 0 Å². The second-order valence-electron chi connectivity index (χ2n) is 11.8. The van der Waals surface area contributed by atoms with Crippen molar-refractivity contribution in [3.8, 4) is 0 Å². The van der Waals surface area contributed by atoms with Crippen molar-refractivity contribution in [3.05, 3.63) is 25.3 Å². The maximum Gasteiger partial charge on any atom is 0.247 e. The fourth-order valence-electron chi connectivity index (χ4n) is 6.35. The summed E-state index contributed by atoms with van der Waals surface area (Å²) in [4.78, 5) is 47.5. The van der Waals surface area contributed by atoms with Gasteiger partial charge in [0.1, 0.15) is 6.04 Å². The fourth-order valence-corrected chi connectivity index (χ4v) is 9.94. The van der Waals surface area contributed by atoms with E-state index in [2.05, 4.69) is 29.1 Å². The molecule has 9 heteroatoms. The van der Waals surface area contributed by atoms with Crippen LogP contribution in [0.5, 0.6) is 0 Å². The van der Waals surface area contributed by atoms with Crippen LogP contribution < -0.4 is 0 Å². The molecule has 3 fully saturated rings. The van der Waals surface area contributed by atoms with Gasteiger partial charge in [-0.25, -0.2) is 0 Å². The molecule has 7 atom stereocenters. The van der Waals surface area contributed by atoms with Gasteiger partial charge in [0.15, 0.2) is 0 Å². The summed E-state index contributed by atoms with van der Waals surface area (Å²) in [7, 11) is 1.73. The average Bonchev–Trinajstić information content (AvgIpc) is 3.37. The van der Waals surface area contributed by atoms with E-state index < -0.39 is 34.2 Å². The number of aliphatic hydroxyl groups is 1. The molecule has 3 unspecified atom stereocenters. The minimum Gasteiger partial charge on any atom is -0.394 e. The van der Waals surface area contributed by atoms with Crippen molar-refractivity contribution < 1.29 is 19.5 Å². The van der Waals surface area contributed by atoms with Crippen LogP contribution in [0.25, 0.3) is 0 Å². The molecule has 0 radical (unpaired) electrons. The van der Waals surface area contributed by atoms with E-state index in [4.69, 9.17) is 0 Å². The summed E-state index contributed by atoms with van der Waals surface area (Å²) in [5.74, 6) is -1.33. The van der Waals surface area contributed by atoms with Crippen molar-refractivity contribution in [1.29, 1.82) is 0 Å². The van der Waals surface area contributed by atoms with Gasteiger partial charge in [0.25, 0.3) is 0 Å². The Morgan fingerprint density at radius 1 is 1.25 bits per heavy atom. The lowest BCUT2D eigenvalue weighted by Gasteiger charge is -2.44. The van der Waals surface area contributed by atoms with E-state index in [0.29, 0.717) is 25.9 Å². The average molecular weight is 585 g/mol. The maximum atomic E-state index is 14.5. The number of aliphatic hydroxyl groups excluding tert-OH is 1. The molecule has 3 heterocycles. The first-order valence-electron chi connectivity index (χ1n) is 12.8. The SMILES string of the molecule is C=CCN(C)C(=O)[C@H]1[C@H]2C(=O)N([C@@H](CO)CC(C)C)C(C(=O)N(CC=C)C(C)(C)C)C23CC(Br)[C@@H]1S3. The third kappa shape index (κ3) is 4.80. The highest BCUT2D eigenvalue weighted by molar-refractivity contribution is 9.09. The van der Waals surface area contributed by atoms with Gasteiger partial charge in [-0.2, -0.15) is 0 Å². The molecule has 0 aliphatic carbocycles. The number of thioether (sulfide) groups is 1. The van der Waals surface area contributed by atoms with Gasteiger partial charge >= 0.3 is 0 Å². The summed E-state index contributed by atoms with van der Waals surface area (Å²) < 4.78 is -0.739. The molecule has 202 valence electrons. The van der Waals surface area contributed by atoms with Crippen LogP contribution in [0.3, 0.4) is 0 Å². The summed E-state index contributed by atoms with van der Waals surface area (Å²) in [5, 5.41) is 10.3. The molecule has 3 aliphatic rings. The van der Waals surface area contributed by atoms with Crippen LogP contribution in [0.15, 0.2) is 25.3 Å². The summed E-state index contributed by atoms with van der Waals surface area (Å²) >= 11 is 5.44. The Hall–Kier alpha value is -1.32. The number of nitrogens with zero attached hydrogens (tertiary/aromatic N) is 3. The third-order valence-corrected chi connectivity index (χ3v) is 11.0. The zero-order chi connectivity index (χ0) is 27.2. The molecule has 3 aliphatic heterocycles. The van der Waals surface area contributed by atoms with Gasteiger partial charge < -0.3 is 19.8 Å². The molecule has 0 aromatic heterocycles. The molecule has 3 amide bonds. The smallest absolute Gasteiger partial charge is 0.247 e. The molecular weight excluding hydrogens is 542 g/mol. The fraction of sp³-hybridized carbons (Fsp3) is 0.741. The first-order valence-corrected chi connectivity index (χ1v) is 14.6. The predicted molar refractivity (Wildman–Crippen MR) is 149 cm³/mol. The lowest BCUT2D eigenvalue weighted by Crippen LogP contribution is -2.61. The topological polar surface area (TPSA) is 81.2 Å². The molecule has 3 saturated heterocycles. The van der Waals surface area contributed by atoms with E-state index in [1.54, 1.807) is 45.7 Å². The van der Waals surface area contributed by atoms with E-state index in [1.165, 1.54) is 0 Å². The highest BCUT2D eigenvalue weighted by Crippen LogP contribution is 2.68. The van der Waals surface area contributed by atoms with Gasteiger partial charge in [0.2, 0.25) is 17.7 Å². The van der Waals surface area contributed by atoms with Crippen LogP contribution in [0, 0.1) is 17.8 Å². The molecular formula is C27H42BrN3O4S. The normalized spacial score (nSPS) is 32.0. The lowest BCUT2D eigenvalue weighted by atomic mass is 9.70. The first kappa shape index (κ1) is 29.2. The van der Waals surface area contributed by atoms with Crippen LogP contribution in [0.4, 0.5) is 0 Å². The molecule has 36 heavy (non-hydrogen) atoms. The Morgan fingerprint density at radius 2 is 1.86 bits per heavy atom. The minimum absolute atomic E-state index is 0.00745. The number of halogens is 1. The number of carbonyl (C=O) groups is 3. The standard InChI is InChI=1S/C27H42BrN3O4S/c1-9-11-29(8)23(33)19-20-24(34)31(17(15-32)13-16(3)4)22(27(20)14-18(28)21(19)36-27)25(35)30(12-10-2)26(5,6)7/h9-10,16-22,32H,1-2,11-15H2,3-8H3/t17-,18?,19+,20+,21+,22?,27?/m1/s1. The van der Waals surface area contributed by atoms with Crippen molar-refractivity contribution in [1.82, 2.24) is 14.7 Å². The number of hydrogen-bond acceptors (Lipinski definition) is 5. The van der Waals surface area contributed by atoms with Crippen LogP contribution in [0.1, 0.15) is 47.5 Å². The highest BCUT2D eigenvalue weighted by atomic mass is 79.9. The van der Waals surface area contributed by atoms with Gasteiger partial charge in [0, 0.05) is 35.8 Å². The van der Waals surface area contributed by atoms with E-state index in [1.807, 2.05) is 34.6 Å². The number of likely N-dealkylation sites (tertiary alicyclic amines) is 1. The second-order valence-corrected chi connectivity index (χ2v) is 14.5. The molecule has 1 N–H and O–H groups in total. The number of alkyl halides is 1. The van der Waals surface area contributed by atoms with Gasteiger partial charge in [0.05, 0.1) is 29.2 Å². The lowest BCUT2D eigenvalue weighted by molar-refractivity contribution is -0.149. The van der Waals surface area contributed by atoms with Crippen molar-refractivity contribution >= 4 is 45.4 Å². The molecule has 0 saturated carbocycles. The number of likely N-dealkylation sites (N-methyl/N-ethyl adjacent to an activating group) is 1. The Kier molecular flexibility index (Phi) is 8.78. The Morgan fingerprint density at radius 3 is 2.36 bits per heavy atom. The van der Waals surface area contributed by atoms with E-state index in [-0.39, 0.29) is 40.3 Å². The van der Waals surface area contributed by atoms with Crippen molar-refractivity contribution in [2.24, 2.45) is 17.8 Å². The van der Waals surface area contributed by atoms with Crippen LogP contribution in [-0.2, 0) is 14.4 Å². The van der Waals surface area contributed by atoms with Gasteiger partial charge in [-0.3, -0.25) is 14.4 Å². The third-order valence-electron chi connectivity index (χ3n) is 7.76. The summed E-state index contributed by atoms with van der Waals surface area (Å²) in [5.41, 5.74) is -0.490. The molecule has 7 nitrogen and oxygen atoms in total. The van der Waals surface area contributed by atoms with E-state index in [0.717, 1.165) is 0 Å². The molecule has 1 spiro atoms. The predicted octanol–water partition coefficient (Wildman–Crippen LogP) is 3.32. The number of hydrogen-bond donors (Lipinski definition) is 1. The van der Waals surface area contributed by atoms with Crippen molar-refractivity contribution in [3.63, 3.8) is 0 Å².